The number of likely N-dealkylation sites (tertiary alicyclic amines) is 1. The second-order valence-corrected chi connectivity index (χ2v) is 10.5. The zero-order chi connectivity index (χ0) is 29.1. The maximum Gasteiger partial charge on any atom is 0.255 e. The van der Waals surface area contributed by atoms with Crippen LogP contribution in [0.1, 0.15) is 34.9 Å². The highest BCUT2D eigenvalue weighted by molar-refractivity contribution is 5.94. The second-order valence-electron chi connectivity index (χ2n) is 10.5. The van der Waals surface area contributed by atoms with Crippen LogP contribution in [0.4, 0.5) is 10.3 Å². The van der Waals surface area contributed by atoms with Crippen LogP contribution in [0.3, 0.4) is 0 Å². The highest BCUT2D eigenvalue weighted by Gasteiger charge is 2.27. The molecule has 1 amide bonds. The highest BCUT2D eigenvalue weighted by Crippen LogP contribution is 2.29. The van der Waals surface area contributed by atoms with Crippen LogP contribution >= 0.6 is 0 Å². The third-order valence-corrected chi connectivity index (χ3v) is 7.81. The van der Waals surface area contributed by atoms with Crippen LogP contribution in [0.5, 0.6) is 5.75 Å². The Bertz CT molecular complexity index is 1600. The second kappa shape index (κ2) is 12.1. The van der Waals surface area contributed by atoms with E-state index in [2.05, 4.69) is 9.97 Å². The molecule has 2 aliphatic rings. The first-order valence-corrected chi connectivity index (χ1v) is 14.1. The zero-order valence-corrected chi connectivity index (χ0v) is 23.4. The van der Waals surface area contributed by atoms with E-state index in [1.165, 1.54) is 22.9 Å². The molecule has 216 valence electrons. The Morgan fingerprint density at radius 3 is 2.52 bits per heavy atom. The molecule has 2 aromatic heterocycles. The van der Waals surface area contributed by atoms with Crippen molar-refractivity contribution >= 4 is 11.9 Å². The van der Waals surface area contributed by atoms with Gasteiger partial charge in [0.1, 0.15) is 18.0 Å². The summed E-state index contributed by atoms with van der Waals surface area (Å²) in [6.45, 7) is 2.80. The van der Waals surface area contributed by atoms with E-state index in [0.29, 0.717) is 44.3 Å². The van der Waals surface area contributed by atoms with Crippen LogP contribution in [0.15, 0.2) is 83.9 Å². The first-order chi connectivity index (χ1) is 20.5. The molecule has 0 N–H and O–H groups in total. The minimum absolute atomic E-state index is 0.0435. The van der Waals surface area contributed by atoms with Crippen LogP contribution in [-0.4, -0.2) is 64.2 Å². The zero-order valence-electron chi connectivity index (χ0n) is 23.4. The number of nitrogens with zero attached hydrogens (tertiary/aromatic N) is 5. The van der Waals surface area contributed by atoms with Gasteiger partial charge in [-0.2, -0.15) is 0 Å². The molecule has 0 saturated carbocycles. The third-order valence-electron chi connectivity index (χ3n) is 7.81. The van der Waals surface area contributed by atoms with Crippen LogP contribution in [0.25, 0.3) is 11.3 Å². The average Bonchev–Trinajstić information content (AvgIpc) is 3.03. The van der Waals surface area contributed by atoms with Gasteiger partial charge in [0.2, 0.25) is 5.95 Å². The molecule has 4 heterocycles. The fraction of sp³-hybridized carbons (Fsp3) is 0.312. The van der Waals surface area contributed by atoms with Gasteiger partial charge in [0.25, 0.3) is 11.5 Å². The van der Waals surface area contributed by atoms with Gasteiger partial charge in [0.05, 0.1) is 25.0 Å². The summed E-state index contributed by atoms with van der Waals surface area (Å²) in [6, 6.07) is 20.1. The minimum atomic E-state index is -0.530. The van der Waals surface area contributed by atoms with Crippen molar-refractivity contribution in [1.82, 2.24) is 19.4 Å². The molecular weight excluding hydrogens is 537 g/mol. The summed E-state index contributed by atoms with van der Waals surface area (Å²) in [5.41, 5.74) is 1.93. The number of halogens is 1. The van der Waals surface area contributed by atoms with Gasteiger partial charge in [-0.1, -0.05) is 30.3 Å². The van der Waals surface area contributed by atoms with Crippen molar-refractivity contribution in [2.24, 2.45) is 7.05 Å². The van der Waals surface area contributed by atoms with Gasteiger partial charge in [-0.05, 0) is 35.9 Å². The normalized spacial score (nSPS) is 17.7. The topological polar surface area (TPSA) is 89.8 Å². The molecule has 10 heteroatoms. The fourth-order valence-electron chi connectivity index (χ4n) is 5.46. The number of rotatable bonds is 6. The molecule has 4 aromatic rings. The SMILES string of the molecule is Cn1c(N2CCO[C@@H](c3ccc(OC4CCN(C(=O)c5ccccc5)CC4)cc3)C2)nc(-c2ccncc2F)cc1=O. The summed E-state index contributed by atoms with van der Waals surface area (Å²) in [5, 5.41) is 0. The number of pyridine rings is 1. The number of hydrogen-bond donors (Lipinski definition) is 0. The molecule has 2 aromatic carbocycles. The van der Waals surface area contributed by atoms with Crippen LogP contribution in [-0.2, 0) is 11.8 Å². The Morgan fingerprint density at radius 2 is 1.79 bits per heavy atom. The number of piperidine rings is 1. The maximum atomic E-state index is 14.4. The average molecular weight is 570 g/mol. The standard InChI is InChI=1S/C32H32FN5O4/c1-36-30(39)19-28(26-11-14-34-20-27(26)33)35-32(36)38-17-18-41-29(21-38)22-7-9-24(10-8-22)42-25-12-15-37(16-13-25)31(40)23-5-3-2-4-6-23/h2-11,14,19-20,25,29H,12-13,15-18,21H2,1H3/t29-/m1/s1. The lowest BCUT2D eigenvalue weighted by Crippen LogP contribution is -2.42. The van der Waals surface area contributed by atoms with E-state index in [9.17, 15) is 14.0 Å². The summed E-state index contributed by atoms with van der Waals surface area (Å²) in [5.74, 6) is 0.762. The third kappa shape index (κ3) is 5.89. The Balaban J connectivity index is 1.09. The summed E-state index contributed by atoms with van der Waals surface area (Å²) in [6.07, 6.45) is 3.94. The summed E-state index contributed by atoms with van der Waals surface area (Å²) >= 11 is 0. The van der Waals surface area contributed by atoms with Gasteiger partial charge < -0.3 is 19.3 Å². The maximum absolute atomic E-state index is 14.4. The lowest BCUT2D eigenvalue weighted by Gasteiger charge is -2.35. The first-order valence-electron chi connectivity index (χ1n) is 14.1. The van der Waals surface area contributed by atoms with E-state index in [4.69, 9.17) is 9.47 Å². The van der Waals surface area contributed by atoms with E-state index in [-0.39, 0.29) is 34.9 Å². The molecule has 0 spiro atoms. The van der Waals surface area contributed by atoms with Crippen molar-refractivity contribution < 1.29 is 18.7 Å². The molecule has 0 unspecified atom stereocenters. The predicted octanol–water partition coefficient (Wildman–Crippen LogP) is 4.24. The number of hydrogen-bond acceptors (Lipinski definition) is 7. The monoisotopic (exact) mass is 569 g/mol. The summed E-state index contributed by atoms with van der Waals surface area (Å²) in [4.78, 5) is 37.8. The Kier molecular flexibility index (Phi) is 7.96. The van der Waals surface area contributed by atoms with E-state index in [1.807, 2.05) is 64.4 Å². The lowest BCUT2D eigenvalue weighted by molar-refractivity contribution is 0.0389. The van der Waals surface area contributed by atoms with Crippen molar-refractivity contribution in [3.8, 4) is 17.0 Å². The summed E-state index contributed by atoms with van der Waals surface area (Å²) in [7, 11) is 1.66. The molecule has 0 radical (unpaired) electrons. The minimum Gasteiger partial charge on any atom is -0.490 e. The number of ether oxygens (including phenoxy) is 2. The predicted molar refractivity (Wildman–Crippen MR) is 156 cm³/mol. The largest absolute Gasteiger partial charge is 0.490 e. The van der Waals surface area contributed by atoms with Gasteiger partial charge in [-0.15, -0.1) is 0 Å². The number of aromatic nitrogens is 3. The Morgan fingerprint density at radius 1 is 1.02 bits per heavy atom. The van der Waals surface area contributed by atoms with Crippen LogP contribution in [0, 0.1) is 5.82 Å². The number of benzene rings is 2. The lowest BCUT2D eigenvalue weighted by atomic mass is 10.1. The molecule has 0 bridgehead atoms. The van der Waals surface area contributed by atoms with Crippen molar-refractivity contribution in [1.29, 1.82) is 0 Å². The van der Waals surface area contributed by atoms with Gasteiger partial charge in [0, 0.05) is 62.9 Å². The molecule has 2 fully saturated rings. The molecular formula is C32H32FN5O4. The van der Waals surface area contributed by atoms with Crippen LogP contribution in [0.2, 0.25) is 0 Å². The number of morpholine rings is 1. The molecule has 2 saturated heterocycles. The molecule has 9 nitrogen and oxygen atoms in total. The van der Waals surface area contributed by atoms with Gasteiger partial charge >= 0.3 is 0 Å². The van der Waals surface area contributed by atoms with Gasteiger partial charge in [0.15, 0.2) is 5.82 Å². The number of carbonyl (C=O) groups excluding carboxylic acids is 1. The van der Waals surface area contributed by atoms with E-state index < -0.39 is 5.82 Å². The van der Waals surface area contributed by atoms with Crippen molar-refractivity contribution in [3.63, 3.8) is 0 Å². The number of amides is 1. The number of carbonyl (C=O) groups is 1. The molecule has 0 aliphatic carbocycles. The van der Waals surface area contributed by atoms with E-state index in [0.717, 1.165) is 30.4 Å². The van der Waals surface area contributed by atoms with Crippen molar-refractivity contribution in [2.45, 2.75) is 25.0 Å². The summed E-state index contributed by atoms with van der Waals surface area (Å²) < 4.78 is 28.2. The smallest absolute Gasteiger partial charge is 0.255 e. The van der Waals surface area contributed by atoms with E-state index in [1.54, 1.807) is 7.05 Å². The first kappa shape index (κ1) is 27.6. The van der Waals surface area contributed by atoms with Gasteiger partial charge in [-0.25, -0.2) is 9.37 Å². The van der Waals surface area contributed by atoms with Crippen LogP contribution < -0.4 is 15.2 Å². The molecule has 2 aliphatic heterocycles. The molecule has 1 atom stereocenters. The van der Waals surface area contributed by atoms with Gasteiger partial charge in [-0.3, -0.25) is 19.1 Å². The Hall–Kier alpha value is -4.57. The van der Waals surface area contributed by atoms with Crippen molar-refractivity contribution in [3.05, 3.63) is 106 Å². The fourth-order valence-corrected chi connectivity index (χ4v) is 5.46. The number of anilines is 1. The quantitative estimate of drug-likeness (QED) is 0.343. The Labute approximate surface area is 243 Å². The van der Waals surface area contributed by atoms with Crippen molar-refractivity contribution in [2.75, 3.05) is 37.7 Å². The van der Waals surface area contributed by atoms with E-state index >= 15 is 0 Å². The molecule has 6 rings (SSSR count). The molecule has 42 heavy (non-hydrogen) atoms. The highest BCUT2D eigenvalue weighted by atomic mass is 19.1.